The predicted molar refractivity (Wildman–Crippen MR) is 80.9 cm³/mol. The summed E-state index contributed by atoms with van der Waals surface area (Å²) < 4.78 is 27.2. The molecule has 2 rings (SSSR count). The largest absolute Gasteiger partial charge is 0.389 e. The van der Waals surface area contributed by atoms with Crippen molar-refractivity contribution in [2.75, 3.05) is 11.9 Å². The molecule has 0 radical (unpaired) electrons. The summed E-state index contributed by atoms with van der Waals surface area (Å²) in [7, 11) is 0. The van der Waals surface area contributed by atoms with Crippen LogP contribution in [0.15, 0.2) is 42.5 Å². The maximum absolute atomic E-state index is 13.8. The van der Waals surface area contributed by atoms with E-state index in [-0.39, 0.29) is 10.8 Å². The van der Waals surface area contributed by atoms with E-state index in [9.17, 15) is 8.78 Å². The Morgan fingerprint density at radius 2 is 1.85 bits per heavy atom. The summed E-state index contributed by atoms with van der Waals surface area (Å²) in [5, 5.41) is 2.93. The summed E-state index contributed by atoms with van der Waals surface area (Å²) >= 11 is 4.78. The molecule has 0 saturated heterocycles. The minimum Gasteiger partial charge on any atom is -0.389 e. The van der Waals surface area contributed by atoms with Gasteiger partial charge >= 0.3 is 0 Å². The van der Waals surface area contributed by atoms with Crippen molar-refractivity contribution < 1.29 is 8.78 Å². The molecule has 0 aliphatic heterocycles. The number of thiocarbonyl (C=S) groups is 1. The molecule has 0 heterocycles. The lowest BCUT2D eigenvalue weighted by Crippen LogP contribution is -2.11. The molecule has 5 heteroatoms. The van der Waals surface area contributed by atoms with Gasteiger partial charge in [-0.15, -0.1) is 0 Å². The summed E-state index contributed by atoms with van der Waals surface area (Å²) in [5.41, 5.74) is 6.86. The van der Waals surface area contributed by atoms with Gasteiger partial charge in [0.25, 0.3) is 0 Å². The Balaban J connectivity index is 1.98. The highest BCUT2D eigenvalue weighted by Crippen LogP contribution is 2.16. The van der Waals surface area contributed by atoms with Crippen LogP contribution >= 0.6 is 12.2 Å². The van der Waals surface area contributed by atoms with Crippen molar-refractivity contribution >= 4 is 22.9 Å². The van der Waals surface area contributed by atoms with E-state index in [1.54, 1.807) is 30.3 Å². The van der Waals surface area contributed by atoms with Crippen molar-refractivity contribution in [3.63, 3.8) is 0 Å². The molecule has 0 unspecified atom stereocenters. The lowest BCUT2D eigenvalue weighted by molar-refractivity contribution is 0.610. The van der Waals surface area contributed by atoms with Gasteiger partial charge in [-0.2, -0.15) is 0 Å². The van der Waals surface area contributed by atoms with Crippen LogP contribution in [0.3, 0.4) is 0 Å². The standard InChI is InChI=1S/C15H14F2N2S/c16-12-4-2-1-3-10(12)7-8-19-14-6-5-11(15(18)20)9-13(14)17/h1-6,9,19H,7-8H2,(H2,18,20). The van der Waals surface area contributed by atoms with Crippen LogP contribution in [0, 0.1) is 11.6 Å². The highest BCUT2D eigenvalue weighted by molar-refractivity contribution is 7.80. The van der Waals surface area contributed by atoms with Crippen LogP contribution in [0.25, 0.3) is 0 Å². The number of nitrogens with one attached hydrogen (secondary N) is 1. The van der Waals surface area contributed by atoms with Crippen molar-refractivity contribution in [3.05, 3.63) is 65.2 Å². The van der Waals surface area contributed by atoms with Crippen molar-refractivity contribution in [1.29, 1.82) is 0 Å². The van der Waals surface area contributed by atoms with Crippen LogP contribution in [0.1, 0.15) is 11.1 Å². The average Bonchev–Trinajstić information content (AvgIpc) is 2.42. The molecule has 2 nitrogen and oxygen atoms in total. The van der Waals surface area contributed by atoms with E-state index in [4.69, 9.17) is 18.0 Å². The third-order valence-electron chi connectivity index (χ3n) is 2.92. The number of rotatable bonds is 5. The van der Waals surface area contributed by atoms with Gasteiger partial charge in [0, 0.05) is 12.1 Å². The topological polar surface area (TPSA) is 38.0 Å². The SMILES string of the molecule is NC(=S)c1ccc(NCCc2ccccc2F)c(F)c1. The molecule has 0 bridgehead atoms. The van der Waals surface area contributed by atoms with Gasteiger partial charge in [0.15, 0.2) is 0 Å². The lowest BCUT2D eigenvalue weighted by Gasteiger charge is -2.09. The molecule has 2 aromatic rings. The number of hydrogen-bond donors (Lipinski definition) is 2. The molecule has 104 valence electrons. The first-order valence-electron chi connectivity index (χ1n) is 6.14. The molecule has 20 heavy (non-hydrogen) atoms. The molecular weight excluding hydrogens is 278 g/mol. The summed E-state index contributed by atoms with van der Waals surface area (Å²) in [4.78, 5) is 0.154. The minimum atomic E-state index is -0.427. The molecule has 0 aliphatic rings. The average molecular weight is 292 g/mol. The van der Waals surface area contributed by atoms with E-state index >= 15 is 0 Å². The fraction of sp³-hybridized carbons (Fsp3) is 0.133. The number of hydrogen-bond acceptors (Lipinski definition) is 2. The smallest absolute Gasteiger partial charge is 0.146 e. The normalized spacial score (nSPS) is 10.3. The first-order chi connectivity index (χ1) is 9.58. The van der Waals surface area contributed by atoms with Gasteiger partial charge in [0.05, 0.1) is 5.69 Å². The number of halogens is 2. The molecule has 0 aliphatic carbocycles. The second kappa shape index (κ2) is 6.43. The molecule has 0 spiro atoms. The lowest BCUT2D eigenvalue weighted by atomic mass is 10.1. The zero-order valence-electron chi connectivity index (χ0n) is 10.7. The van der Waals surface area contributed by atoms with Gasteiger partial charge in [0.1, 0.15) is 16.6 Å². The van der Waals surface area contributed by atoms with Gasteiger partial charge < -0.3 is 11.1 Å². The van der Waals surface area contributed by atoms with Crippen LogP contribution in [0.4, 0.5) is 14.5 Å². The fourth-order valence-corrected chi connectivity index (χ4v) is 1.97. The summed E-state index contributed by atoms with van der Waals surface area (Å²) in [6, 6.07) is 11.0. The predicted octanol–water partition coefficient (Wildman–Crippen LogP) is 3.25. The highest BCUT2D eigenvalue weighted by Gasteiger charge is 2.05. The van der Waals surface area contributed by atoms with Crippen molar-refractivity contribution in [2.24, 2.45) is 5.73 Å². The first kappa shape index (κ1) is 14.4. The van der Waals surface area contributed by atoms with E-state index in [1.165, 1.54) is 12.1 Å². The van der Waals surface area contributed by atoms with Crippen LogP contribution in [-0.4, -0.2) is 11.5 Å². The molecule has 0 amide bonds. The Kier molecular flexibility index (Phi) is 4.63. The Morgan fingerprint density at radius 1 is 1.10 bits per heavy atom. The number of anilines is 1. The molecule has 0 fully saturated rings. The van der Waals surface area contributed by atoms with Crippen molar-refractivity contribution in [1.82, 2.24) is 0 Å². The zero-order chi connectivity index (χ0) is 14.5. The summed E-state index contributed by atoms with van der Waals surface area (Å²) in [6.45, 7) is 0.435. The van der Waals surface area contributed by atoms with E-state index in [0.29, 0.717) is 29.8 Å². The molecular formula is C15H14F2N2S. The fourth-order valence-electron chi connectivity index (χ4n) is 1.84. The van der Waals surface area contributed by atoms with Crippen LogP contribution < -0.4 is 11.1 Å². The highest BCUT2D eigenvalue weighted by atomic mass is 32.1. The third kappa shape index (κ3) is 3.51. The van der Waals surface area contributed by atoms with E-state index in [0.717, 1.165) is 0 Å². The molecule has 2 aromatic carbocycles. The van der Waals surface area contributed by atoms with Crippen LogP contribution in [0.2, 0.25) is 0 Å². The zero-order valence-corrected chi connectivity index (χ0v) is 11.5. The monoisotopic (exact) mass is 292 g/mol. The molecule has 0 aromatic heterocycles. The number of benzene rings is 2. The first-order valence-corrected chi connectivity index (χ1v) is 6.55. The van der Waals surface area contributed by atoms with Gasteiger partial charge in [0.2, 0.25) is 0 Å². The maximum atomic E-state index is 13.8. The van der Waals surface area contributed by atoms with Gasteiger partial charge in [-0.1, -0.05) is 30.4 Å². The molecule has 0 atom stereocenters. The van der Waals surface area contributed by atoms with Gasteiger partial charge in [-0.25, -0.2) is 8.78 Å². The van der Waals surface area contributed by atoms with Crippen molar-refractivity contribution in [3.8, 4) is 0 Å². The Bertz CT molecular complexity index is 629. The summed E-state index contributed by atoms with van der Waals surface area (Å²) in [5.74, 6) is -0.678. The van der Waals surface area contributed by atoms with E-state index < -0.39 is 5.82 Å². The molecule has 0 saturated carbocycles. The quantitative estimate of drug-likeness (QED) is 0.831. The Hall–Kier alpha value is -2.01. The molecule has 3 N–H and O–H groups in total. The van der Waals surface area contributed by atoms with Crippen LogP contribution in [0.5, 0.6) is 0 Å². The second-order valence-electron chi connectivity index (χ2n) is 4.33. The second-order valence-corrected chi connectivity index (χ2v) is 4.77. The van der Waals surface area contributed by atoms with E-state index in [1.807, 2.05) is 0 Å². The third-order valence-corrected chi connectivity index (χ3v) is 3.16. The summed E-state index contributed by atoms with van der Waals surface area (Å²) in [6.07, 6.45) is 0.475. The van der Waals surface area contributed by atoms with Gasteiger partial charge in [-0.3, -0.25) is 0 Å². The number of nitrogens with two attached hydrogens (primary N) is 1. The Morgan fingerprint density at radius 3 is 2.50 bits per heavy atom. The minimum absolute atomic E-state index is 0.154. The Labute approximate surface area is 121 Å². The maximum Gasteiger partial charge on any atom is 0.146 e. The van der Waals surface area contributed by atoms with E-state index in [2.05, 4.69) is 5.32 Å². The van der Waals surface area contributed by atoms with Crippen LogP contribution in [-0.2, 0) is 6.42 Å². The van der Waals surface area contributed by atoms with Crippen molar-refractivity contribution in [2.45, 2.75) is 6.42 Å². The van der Waals surface area contributed by atoms with Gasteiger partial charge in [-0.05, 0) is 36.2 Å².